The highest BCUT2D eigenvalue weighted by molar-refractivity contribution is 5.82. The maximum atomic E-state index is 11.9. The zero-order valence-electron chi connectivity index (χ0n) is 12.4. The second kappa shape index (κ2) is 6.16. The molecule has 0 radical (unpaired) electrons. The standard InChI is InChI=1S/C16H21NO4/c1-11(2)21-13-5-3-4-12(8-13)9-14(18)17-10-16(6-7-16)15(19)20/h3-5,8,11H,6-7,9-10H2,1-2H3,(H,17,18)(H,19,20). The van der Waals surface area contributed by atoms with Crippen LogP contribution in [0.4, 0.5) is 0 Å². The van der Waals surface area contributed by atoms with E-state index >= 15 is 0 Å². The molecule has 1 fully saturated rings. The SMILES string of the molecule is CC(C)Oc1cccc(CC(=O)NCC2(C(=O)O)CC2)c1. The first kappa shape index (κ1) is 15.4. The maximum absolute atomic E-state index is 11.9. The highest BCUT2D eigenvalue weighted by atomic mass is 16.5. The molecule has 1 amide bonds. The minimum Gasteiger partial charge on any atom is -0.491 e. The van der Waals surface area contributed by atoms with Crippen molar-refractivity contribution in [2.24, 2.45) is 5.41 Å². The van der Waals surface area contributed by atoms with Crippen molar-refractivity contribution in [2.45, 2.75) is 39.2 Å². The van der Waals surface area contributed by atoms with E-state index in [0.29, 0.717) is 12.8 Å². The summed E-state index contributed by atoms with van der Waals surface area (Å²) in [5, 5.41) is 11.8. The Morgan fingerprint density at radius 3 is 2.67 bits per heavy atom. The van der Waals surface area contributed by atoms with E-state index in [0.717, 1.165) is 11.3 Å². The molecule has 0 aromatic heterocycles. The minimum atomic E-state index is -0.824. The van der Waals surface area contributed by atoms with Gasteiger partial charge in [0.05, 0.1) is 17.9 Å². The van der Waals surface area contributed by atoms with Crippen LogP contribution >= 0.6 is 0 Å². The van der Waals surface area contributed by atoms with Crippen molar-refractivity contribution in [3.05, 3.63) is 29.8 Å². The van der Waals surface area contributed by atoms with Crippen LogP contribution in [0.3, 0.4) is 0 Å². The molecule has 0 aliphatic heterocycles. The van der Waals surface area contributed by atoms with Crippen molar-refractivity contribution in [2.75, 3.05) is 6.54 Å². The van der Waals surface area contributed by atoms with Gasteiger partial charge in [-0.1, -0.05) is 12.1 Å². The normalized spacial score (nSPS) is 15.6. The van der Waals surface area contributed by atoms with Crippen molar-refractivity contribution < 1.29 is 19.4 Å². The van der Waals surface area contributed by atoms with Crippen LogP contribution in [0.25, 0.3) is 0 Å². The fourth-order valence-corrected chi connectivity index (χ4v) is 2.13. The van der Waals surface area contributed by atoms with Gasteiger partial charge in [0.15, 0.2) is 0 Å². The third kappa shape index (κ3) is 4.21. The predicted molar refractivity (Wildman–Crippen MR) is 78.2 cm³/mol. The molecule has 0 saturated heterocycles. The number of carboxylic acids is 1. The highest BCUT2D eigenvalue weighted by Crippen LogP contribution is 2.45. The van der Waals surface area contributed by atoms with Gasteiger partial charge in [-0.2, -0.15) is 0 Å². The maximum Gasteiger partial charge on any atom is 0.311 e. The summed E-state index contributed by atoms with van der Waals surface area (Å²) >= 11 is 0. The molecule has 0 bridgehead atoms. The lowest BCUT2D eigenvalue weighted by atomic mass is 10.1. The highest BCUT2D eigenvalue weighted by Gasteiger charge is 2.50. The third-order valence-corrected chi connectivity index (χ3v) is 3.57. The molecule has 1 aliphatic carbocycles. The lowest BCUT2D eigenvalue weighted by Crippen LogP contribution is -2.35. The first-order valence-electron chi connectivity index (χ1n) is 7.17. The summed E-state index contributed by atoms with van der Waals surface area (Å²) in [6.07, 6.45) is 1.59. The minimum absolute atomic E-state index is 0.0827. The van der Waals surface area contributed by atoms with Gasteiger partial charge in [-0.05, 0) is 44.4 Å². The molecule has 1 aromatic carbocycles. The number of amides is 1. The lowest BCUT2D eigenvalue weighted by Gasteiger charge is -2.12. The van der Waals surface area contributed by atoms with Crippen LogP contribution in [-0.4, -0.2) is 29.6 Å². The number of nitrogens with one attached hydrogen (secondary N) is 1. The van der Waals surface area contributed by atoms with Gasteiger partial charge in [0.1, 0.15) is 5.75 Å². The quantitative estimate of drug-likeness (QED) is 0.805. The van der Waals surface area contributed by atoms with E-state index in [9.17, 15) is 9.59 Å². The molecule has 1 saturated carbocycles. The molecule has 21 heavy (non-hydrogen) atoms. The van der Waals surface area contributed by atoms with E-state index in [1.54, 1.807) is 0 Å². The number of ether oxygens (including phenoxy) is 1. The second-order valence-corrected chi connectivity index (χ2v) is 5.85. The fourth-order valence-electron chi connectivity index (χ4n) is 2.13. The molecule has 2 rings (SSSR count). The Balaban J connectivity index is 1.86. The number of aliphatic carboxylic acids is 1. The van der Waals surface area contributed by atoms with Gasteiger partial charge in [-0.3, -0.25) is 9.59 Å². The Labute approximate surface area is 124 Å². The molecule has 5 heteroatoms. The molecule has 5 nitrogen and oxygen atoms in total. The van der Waals surface area contributed by atoms with E-state index in [4.69, 9.17) is 9.84 Å². The summed E-state index contributed by atoms with van der Waals surface area (Å²) < 4.78 is 5.58. The Hall–Kier alpha value is -2.04. The molecule has 2 N–H and O–H groups in total. The first-order chi connectivity index (χ1) is 9.91. The molecule has 0 spiro atoms. The molecule has 0 atom stereocenters. The third-order valence-electron chi connectivity index (χ3n) is 3.57. The van der Waals surface area contributed by atoms with Crippen LogP contribution in [0.15, 0.2) is 24.3 Å². The summed E-state index contributed by atoms with van der Waals surface area (Å²) in [6, 6.07) is 7.39. The van der Waals surface area contributed by atoms with E-state index in [-0.39, 0.29) is 25.0 Å². The molecular formula is C16H21NO4. The predicted octanol–water partition coefficient (Wildman–Crippen LogP) is 2.00. The molecule has 0 unspecified atom stereocenters. The Kier molecular flexibility index (Phi) is 4.50. The van der Waals surface area contributed by atoms with Crippen LogP contribution in [0.1, 0.15) is 32.3 Å². The summed E-state index contributed by atoms with van der Waals surface area (Å²) in [5.74, 6) is -0.251. The van der Waals surface area contributed by atoms with Crippen LogP contribution in [0.2, 0.25) is 0 Å². The van der Waals surface area contributed by atoms with E-state index < -0.39 is 11.4 Å². The topological polar surface area (TPSA) is 75.6 Å². The van der Waals surface area contributed by atoms with Gasteiger partial charge >= 0.3 is 5.97 Å². The van der Waals surface area contributed by atoms with Crippen molar-refractivity contribution in [1.82, 2.24) is 5.32 Å². The zero-order valence-corrected chi connectivity index (χ0v) is 12.4. The number of hydrogen-bond donors (Lipinski definition) is 2. The summed E-state index contributed by atoms with van der Waals surface area (Å²) in [7, 11) is 0. The number of carboxylic acid groups (broad SMARTS) is 1. The number of benzene rings is 1. The first-order valence-corrected chi connectivity index (χ1v) is 7.17. The molecule has 0 heterocycles. The molecule has 1 aliphatic rings. The van der Waals surface area contributed by atoms with Gasteiger partial charge in [0.25, 0.3) is 0 Å². The van der Waals surface area contributed by atoms with Crippen LogP contribution in [0.5, 0.6) is 5.75 Å². The number of hydrogen-bond acceptors (Lipinski definition) is 3. The van der Waals surface area contributed by atoms with Gasteiger partial charge in [0, 0.05) is 6.54 Å². The zero-order chi connectivity index (χ0) is 15.5. The van der Waals surface area contributed by atoms with Crippen LogP contribution in [-0.2, 0) is 16.0 Å². The average molecular weight is 291 g/mol. The summed E-state index contributed by atoms with van der Waals surface area (Å²) in [4.78, 5) is 22.9. The monoisotopic (exact) mass is 291 g/mol. The van der Waals surface area contributed by atoms with Gasteiger partial charge in [0.2, 0.25) is 5.91 Å². The van der Waals surface area contributed by atoms with Gasteiger partial charge < -0.3 is 15.2 Å². The Morgan fingerprint density at radius 1 is 1.38 bits per heavy atom. The van der Waals surface area contributed by atoms with Gasteiger partial charge in [-0.25, -0.2) is 0 Å². The number of carbonyl (C=O) groups is 2. The number of carbonyl (C=O) groups excluding carboxylic acids is 1. The number of rotatable bonds is 7. The summed E-state index contributed by atoms with van der Waals surface area (Å²) in [6.45, 7) is 4.10. The smallest absolute Gasteiger partial charge is 0.311 e. The van der Waals surface area contributed by atoms with E-state index in [2.05, 4.69) is 5.32 Å². The fraction of sp³-hybridized carbons (Fsp3) is 0.500. The second-order valence-electron chi connectivity index (χ2n) is 5.85. The molecule has 114 valence electrons. The van der Waals surface area contributed by atoms with Crippen molar-refractivity contribution in [3.63, 3.8) is 0 Å². The largest absolute Gasteiger partial charge is 0.491 e. The van der Waals surface area contributed by atoms with Crippen molar-refractivity contribution in [1.29, 1.82) is 0 Å². The average Bonchev–Trinajstić information content (AvgIpc) is 3.17. The Morgan fingerprint density at radius 2 is 2.10 bits per heavy atom. The Bertz CT molecular complexity index is 535. The lowest BCUT2D eigenvalue weighted by molar-refractivity contribution is -0.143. The van der Waals surface area contributed by atoms with Crippen LogP contribution in [0, 0.1) is 5.41 Å². The van der Waals surface area contributed by atoms with E-state index in [1.165, 1.54) is 0 Å². The summed E-state index contributed by atoms with van der Waals surface area (Å²) in [5.41, 5.74) is 0.129. The molecular weight excluding hydrogens is 270 g/mol. The van der Waals surface area contributed by atoms with E-state index in [1.807, 2.05) is 38.1 Å². The van der Waals surface area contributed by atoms with Gasteiger partial charge in [-0.15, -0.1) is 0 Å². The van der Waals surface area contributed by atoms with Crippen molar-refractivity contribution >= 4 is 11.9 Å². The molecule has 1 aromatic rings. The van der Waals surface area contributed by atoms with Crippen molar-refractivity contribution in [3.8, 4) is 5.75 Å². The van der Waals surface area contributed by atoms with Crippen LogP contribution < -0.4 is 10.1 Å².